The molecule has 4 heteroatoms. The molecule has 0 spiro atoms. The standard InChI is InChI=1S/C14H11N3O/c1-17(12-7-5-11(10-15)6-8-12)14(18)13-4-2-3-9-16-13/h2-9H,1H3. The highest BCUT2D eigenvalue weighted by molar-refractivity contribution is 6.04. The first-order valence-corrected chi connectivity index (χ1v) is 5.41. The van der Waals surface area contributed by atoms with Crippen LogP contribution in [0.2, 0.25) is 0 Å². The van der Waals surface area contributed by atoms with Gasteiger partial charge in [-0.1, -0.05) is 6.07 Å². The molecule has 1 aromatic carbocycles. The number of anilines is 1. The first kappa shape index (κ1) is 11.8. The van der Waals surface area contributed by atoms with Gasteiger partial charge in [-0.25, -0.2) is 0 Å². The molecule has 0 saturated carbocycles. The monoisotopic (exact) mass is 237 g/mol. The zero-order valence-corrected chi connectivity index (χ0v) is 9.87. The third-order valence-electron chi connectivity index (χ3n) is 2.57. The number of rotatable bonds is 2. The lowest BCUT2D eigenvalue weighted by Crippen LogP contribution is -2.26. The van der Waals surface area contributed by atoms with Crippen molar-refractivity contribution in [3.63, 3.8) is 0 Å². The summed E-state index contributed by atoms with van der Waals surface area (Å²) >= 11 is 0. The smallest absolute Gasteiger partial charge is 0.276 e. The van der Waals surface area contributed by atoms with Crippen molar-refractivity contribution in [2.45, 2.75) is 0 Å². The van der Waals surface area contributed by atoms with Crippen LogP contribution in [-0.4, -0.2) is 17.9 Å². The lowest BCUT2D eigenvalue weighted by atomic mass is 10.2. The van der Waals surface area contributed by atoms with Gasteiger partial charge in [0.25, 0.3) is 5.91 Å². The number of hydrogen-bond donors (Lipinski definition) is 0. The molecule has 88 valence electrons. The van der Waals surface area contributed by atoms with Crippen LogP contribution in [0, 0.1) is 11.3 Å². The number of benzene rings is 1. The average Bonchev–Trinajstić information content (AvgIpc) is 2.47. The summed E-state index contributed by atoms with van der Waals surface area (Å²) in [7, 11) is 1.68. The van der Waals surface area contributed by atoms with Gasteiger partial charge in [-0.3, -0.25) is 9.78 Å². The van der Waals surface area contributed by atoms with Crippen LogP contribution in [-0.2, 0) is 0 Å². The van der Waals surface area contributed by atoms with E-state index in [1.54, 1.807) is 55.7 Å². The lowest BCUT2D eigenvalue weighted by Gasteiger charge is -2.16. The van der Waals surface area contributed by atoms with E-state index < -0.39 is 0 Å². The quantitative estimate of drug-likeness (QED) is 0.804. The molecule has 1 aromatic heterocycles. The minimum Gasteiger partial charge on any atom is -0.310 e. The Hall–Kier alpha value is -2.67. The molecule has 0 aliphatic heterocycles. The zero-order valence-electron chi connectivity index (χ0n) is 9.87. The number of hydrogen-bond acceptors (Lipinski definition) is 3. The summed E-state index contributed by atoms with van der Waals surface area (Å²) in [6.07, 6.45) is 1.58. The van der Waals surface area contributed by atoms with Crippen molar-refractivity contribution in [3.05, 3.63) is 59.9 Å². The van der Waals surface area contributed by atoms with Crippen LogP contribution in [0.5, 0.6) is 0 Å². The number of carbonyl (C=O) groups excluding carboxylic acids is 1. The summed E-state index contributed by atoms with van der Waals surface area (Å²) in [5.74, 6) is -0.180. The highest BCUT2D eigenvalue weighted by atomic mass is 16.2. The van der Waals surface area contributed by atoms with Gasteiger partial charge in [0.05, 0.1) is 11.6 Å². The van der Waals surface area contributed by atoms with Gasteiger partial charge in [-0.15, -0.1) is 0 Å². The molecule has 0 unspecified atom stereocenters. The molecule has 0 radical (unpaired) electrons. The van der Waals surface area contributed by atoms with Crippen LogP contribution < -0.4 is 4.90 Å². The number of nitrogens with zero attached hydrogens (tertiary/aromatic N) is 3. The largest absolute Gasteiger partial charge is 0.310 e. The van der Waals surface area contributed by atoms with Gasteiger partial charge in [0.1, 0.15) is 5.69 Å². The van der Waals surface area contributed by atoms with Crippen molar-refractivity contribution < 1.29 is 4.79 Å². The Kier molecular flexibility index (Phi) is 3.35. The van der Waals surface area contributed by atoms with Crippen LogP contribution in [0.15, 0.2) is 48.7 Å². The molecule has 2 aromatic rings. The van der Waals surface area contributed by atoms with E-state index in [4.69, 9.17) is 5.26 Å². The number of nitriles is 1. The maximum atomic E-state index is 12.1. The summed E-state index contributed by atoms with van der Waals surface area (Å²) in [5.41, 5.74) is 1.69. The summed E-state index contributed by atoms with van der Waals surface area (Å²) in [4.78, 5) is 17.6. The van der Waals surface area contributed by atoms with Crippen LogP contribution in [0.4, 0.5) is 5.69 Å². The normalized spacial score (nSPS) is 9.56. The van der Waals surface area contributed by atoms with Crippen molar-refractivity contribution in [2.24, 2.45) is 0 Å². The first-order chi connectivity index (χ1) is 8.72. The van der Waals surface area contributed by atoms with E-state index >= 15 is 0 Å². The Morgan fingerprint density at radius 1 is 1.22 bits per heavy atom. The van der Waals surface area contributed by atoms with E-state index in [2.05, 4.69) is 4.98 Å². The van der Waals surface area contributed by atoms with Gasteiger partial charge in [0.2, 0.25) is 0 Å². The number of aromatic nitrogens is 1. The Morgan fingerprint density at radius 3 is 2.50 bits per heavy atom. The molecule has 0 bridgehead atoms. The molecule has 1 amide bonds. The molecule has 18 heavy (non-hydrogen) atoms. The molecule has 0 fully saturated rings. The van der Waals surface area contributed by atoms with E-state index in [9.17, 15) is 4.79 Å². The third-order valence-corrected chi connectivity index (χ3v) is 2.57. The fraction of sp³-hybridized carbons (Fsp3) is 0.0714. The molecule has 0 aliphatic rings. The van der Waals surface area contributed by atoms with Crippen molar-refractivity contribution in [2.75, 3.05) is 11.9 Å². The average molecular weight is 237 g/mol. The van der Waals surface area contributed by atoms with Crippen molar-refractivity contribution >= 4 is 11.6 Å². The van der Waals surface area contributed by atoms with E-state index in [0.29, 0.717) is 11.3 Å². The van der Waals surface area contributed by atoms with Crippen molar-refractivity contribution in [1.29, 1.82) is 5.26 Å². The van der Waals surface area contributed by atoms with Crippen LogP contribution in [0.25, 0.3) is 0 Å². The van der Waals surface area contributed by atoms with E-state index in [-0.39, 0.29) is 5.91 Å². The zero-order chi connectivity index (χ0) is 13.0. The molecule has 2 rings (SSSR count). The van der Waals surface area contributed by atoms with Crippen molar-refractivity contribution in [1.82, 2.24) is 4.98 Å². The molecule has 1 heterocycles. The second-order valence-corrected chi connectivity index (χ2v) is 3.74. The van der Waals surface area contributed by atoms with Gasteiger partial charge in [-0.2, -0.15) is 5.26 Å². The predicted molar refractivity (Wildman–Crippen MR) is 68.1 cm³/mol. The summed E-state index contributed by atoms with van der Waals surface area (Å²) in [6.45, 7) is 0. The Labute approximate surface area is 105 Å². The van der Waals surface area contributed by atoms with Gasteiger partial charge >= 0.3 is 0 Å². The van der Waals surface area contributed by atoms with Crippen LogP contribution >= 0.6 is 0 Å². The van der Waals surface area contributed by atoms with Gasteiger partial charge in [0.15, 0.2) is 0 Å². The summed E-state index contributed by atoms with van der Waals surface area (Å²) in [5, 5.41) is 8.71. The lowest BCUT2D eigenvalue weighted by molar-refractivity contribution is 0.0988. The second kappa shape index (κ2) is 5.11. The predicted octanol–water partition coefficient (Wildman–Crippen LogP) is 2.23. The molecule has 0 aliphatic carbocycles. The Morgan fingerprint density at radius 2 is 1.94 bits per heavy atom. The highest BCUT2D eigenvalue weighted by Crippen LogP contribution is 2.15. The SMILES string of the molecule is CN(C(=O)c1ccccn1)c1ccc(C#N)cc1. The fourth-order valence-electron chi connectivity index (χ4n) is 1.54. The Balaban J connectivity index is 2.23. The molecule has 0 N–H and O–H groups in total. The highest BCUT2D eigenvalue weighted by Gasteiger charge is 2.13. The maximum Gasteiger partial charge on any atom is 0.276 e. The minimum absolute atomic E-state index is 0.180. The minimum atomic E-state index is -0.180. The maximum absolute atomic E-state index is 12.1. The number of pyridine rings is 1. The fourth-order valence-corrected chi connectivity index (χ4v) is 1.54. The van der Waals surface area contributed by atoms with Gasteiger partial charge < -0.3 is 4.90 Å². The third kappa shape index (κ3) is 2.36. The molecule has 0 saturated heterocycles. The summed E-state index contributed by atoms with van der Waals surface area (Å²) < 4.78 is 0. The van der Waals surface area contributed by atoms with Crippen LogP contribution in [0.1, 0.15) is 16.1 Å². The van der Waals surface area contributed by atoms with E-state index in [1.807, 2.05) is 6.07 Å². The van der Waals surface area contributed by atoms with Crippen molar-refractivity contribution in [3.8, 4) is 6.07 Å². The van der Waals surface area contributed by atoms with Crippen LogP contribution in [0.3, 0.4) is 0 Å². The topological polar surface area (TPSA) is 57.0 Å². The Bertz CT molecular complexity index is 585. The second-order valence-electron chi connectivity index (χ2n) is 3.74. The number of amides is 1. The first-order valence-electron chi connectivity index (χ1n) is 5.41. The van der Waals surface area contributed by atoms with E-state index in [1.165, 1.54) is 4.90 Å². The van der Waals surface area contributed by atoms with E-state index in [0.717, 1.165) is 5.69 Å². The summed E-state index contributed by atoms with van der Waals surface area (Å²) in [6, 6.07) is 14.1. The molecular weight excluding hydrogens is 226 g/mol. The number of carbonyl (C=O) groups is 1. The van der Waals surface area contributed by atoms with Gasteiger partial charge in [-0.05, 0) is 36.4 Å². The molecular formula is C14H11N3O. The molecule has 0 atom stereocenters. The molecule has 4 nitrogen and oxygen atoms in total. The van der Waals surface area contributed by atoms with Gasteiger partial charge in [0, 0.05) is 18.9 Å².